The molecule has 2 rings (SSSR count). The van der Waals surface area contributed by atoms with Crippen molar-refractivity contribution in [2.45, 2.75) is 19.3 Å². The van der Waals surface area contributed by atoms with Crippen molar-refractivity contribution in [3.05, 3.63) is 0 Å². The van der Waals surface area contributed by atoms with Crippen LogP contribution in [0.25, 0.3) is 0 Å². The molecule has 0 unspecified atom stereocenters. The maximum Gasteiger partial charge on any atom is 0.0558 e. The lowest BCUT2D eigenvalue weighted by molar-refractivity contribution is 0.107. The lowest BCUT2D eigenvalue weighted by atomic mass is 9.94. The molecular formula is C13H29Cl2N3O. The molecule has 116 valence electrons. The Labute approximate surface area is 129 Å². The molecule has 2 N–H and O–H groups in total. The van der Waals surface area contributed by atoms with Gasteiger partial charge in [-0.15, -0.1) is 24.8 Å². The highest BCUT2D eigenvalue weighted by Crippen LogP contribution is 2.16. The predicted octanol–water partition coefficient (Wildman–Crippen LogP) is 0.830. The Bertz CT molecular complexity index is 208. The van der Waals surface area contributed by atoms with Gasteiger partial charge in [0, 0.05) is 32.7 Å². The van der Waals surface area contributed by atoms with Crippen molar-refractivity contribution >= 4 is 24.8 Å². The molecule has 0 aliphatic carbocycles. The van der Waals surface area contributed by atoms with Crippen LogP contribution in [-0.4, -0.2) is 73.9 Å². The number of hydrogen-bond donors (Lipinski definition) is 2. The number of β-amino-alcohol motifs (C(OH)–C–C–N with tert-alkyl or cyclic N) is 1. The van der Waals surface area contributed by atoms with Gasteiger partial charge in [-0.3, -0.25) is 4.90 Å². The highest BCUT2D eigenvalue weighted by molar-refractivity contribution is 5.85. The summed E-state index contributed by atoms with van der Waals surface area (Å²) in [7, 11) is 0. The summed E-state index contributed by atoms with van der Waals surface area (Å²) in [6.45, 7) is 9.49. The van der Waals surface area contributed by atoms with Crippen LogP contribution in [0.2, 0.25) is 0 Å². The van der Waals surface area contributed by atoms with Gasteiger partial charge in [0.05, 0.1) is 6.61 Å². The van der Waals surface area contributed by atoms with Crippen LogP contribution in [0.3, 0.4) is 0 Å². The summed E-state index contributed by atoms with van der Waals surface area (Å²) in [5.41, 5.74) is 0. The smallest absolute Gasteiger partial charge is 0.0558 e. The molecule has 0 saturated carbocycles. The molecule has 4 nitrogen and oxygen atoms in total. The Hall–Kier alpha value is 0.420. The van der Waals surface area contributed by atoms with E-state index in [4.69, 9.17) is 5.11 Å². The van der Waals surface area contributed by atoms with Crippen molar-refractivity contribution in [1.29, 1.82) is 0 Å². The van der Waals surface area contributed by atoms with Gasteiger partial charge < -0.3 is 15.3 Å². The number of piperazine rings is 1. The van der Waals surface area contributed by atoms with Gasteiger partial charge >= 0.3 is 0 Å². The molecule has 2 aliphatic heterocycles. The SMILES string of the molecule is Cl.Cl.OCCN1CCN(CCC2CCNCC2)CC1. The number of piperidine rings is 1. The second-order valence-electron chi connectivity index (χ2n) is 5.39. The molecule has 2 saturated heterocycles. The highest BCUT2D eigenvalue weighted by Gasteiger charge is 2.18. The fourth-order valence-electron chi connectivity index (χ4n) is 2.91. The minimum Gasteiger partial charge on any atom is -0.395 e. The fourth-order valence-corrected chi connectivity index (χ4v) is 2.91. The van der Waals surface area contributed by atoms with Crippen LogP contribution >= 0.6 is 24.8 Å². The van der Waals surface area contributed by atoms with Crippen LogP contribution in [0.5, 0.6) is 0 Å². The Morgan fingerprint density at radius 1 is 0.895 bits per heavy atom. The zero-order valence-electron chi connectivity index (χ0n) is 11.7. The molecule has 0 aromatic rings. The Balaban J connectivity index is 0.00000162. The van der Waals surface area contributed by atoms with Gasteiger partial charge in [-0.1, -0.05) is 0 Å². The molecule has 0 aromatic carbocycles. The van der Waals surface area contributed by atoms with E-state index >= 15 is 0 Å². The van der Waals surface area contributed by atoms with E-state index in [1.165, 1.54) is 52.0 Å². The van der Waals surface area contributed by atoms with Crippen LogP contribution in [0.4, 0.5) is 0 Å². The number of halogens is 2. The highest BCUT2D eigenvalue weighted by atomic mass is 35.5. The normalized spacial score (nSPS) is 22.6. The fraction of sp³-hybridized carbons (Fsp3) is 1.00. The van der Waals surface area contributed by atoms with Crippen molar-refractivity contribution in [3.63, 3.8) is 0 Å². The molecule has 0 amide bonds. The summed E-state index contributed by atoms with van der Waals surface area (Å²) in [6.07, 6.45) is 4.11. The summed E-state index contributed by atoms with van der Waals surface area (Å²) in [5.74, 6) is 0.951. The van der Waals surface area contributed by atoms with Crippen molar-refractivity contribution in [2.24, 2.45) is 5.92 Å². The summed E-state index contributed by atoms with van der Waals surface area (Å²) in [6, 6.07) is 0. The molecule has 2 aliphatic rings. The maximum atomic E-state index is 8.90. The van der Waals surface area contributed by atoms with E-state index in [9.17, 15) is 0 Å². The largest absolute Gasteiger partial charge is 0.395 e. The van der Waals surface area contributed by atoms with Crippen molar-refractivity contribution in [1.82, 2.24) is 15.1 Å². The Morgan fingerprint density at radius 2 is 1.42 bits per heavy atom. The zero-order valence-corrected chi connectivity index (χ0v) is 13.4. The molecule has 2 fully saturated rings. The number of aliphatic hydroxyl groups is 1. The molecular weight excluding hydrogens is 285 g/mol. The molecule has 2 heterocycles. The summed E-state index contributed by atoms with van der Waals surface area (Å²) in [4.78, 5) is 4.96. The summed E-state index contributed by atoms with van der Waals surface area (Å²) in [5, 5.41) is 12.3. The van der Waals surface area contributed by atoms with E-state index in [0.29, 0.717) is 6.61 Å². The molecule has 0 radical (unpaired) electrons. The van der Waals surface area contributed by atoms with E-state index < -0.39 is 0 Å². The average molecular weight is 314 g/mol. The van der Waals surface area contributed by atoms with E-state index in [0.717, 1.165) is 25.6 Å². The maximum absolute atomic E-state index is 8.90. The average Bonchev–Trinajstić information content (AvgIpc) is 2.40. The van der Waals surface area contributed by atoms with Gasteiger partial charge in [-0.25, -0.2) is 0 Å². The molecule has 0 atom stereocenters. The second kappa shape index (κ2) is 11.1. The van der Waals surface area contributed by atoms with Gasteiger partial charge in [0.2, 0.25) is 0 Å². The van der Waals surface area contributed by atoms with Crippen LogP contribution in [0.15, 0.2) is 0 Å². The summed E-state index contributed by atoms with van der Waals surface area (Å²) < 4.78 is 0. The van der Waals surface area contributed by atoms with Gasteiger partial charge in [0.1, 0.15) is 0 Å². The van der Waals surface area contributed by atoms with Gasteiger partial charge in [0.15, 0.2) is 0 Å². The first-order valence-electron chi connectivity index (χ1n) is 7.15. The quantitative estimate of drug-likeness (QED) is 0.788. The van der Waals surface area contributed by atoms with Crippen LogP contribution in [0.1, 0.15) is 19.3 Å². The van der Waals surface area contributed by atoms with Crippen molar-refractivity contribution in [3.8, 4) is 0 Å². The van der Waals surface area contributed by atoms with E-state index in [1.54, 1.807) is 0 Å². The summed E-state index contributed by atoms with van der Waals surface area (Å²) >= 11 is 0. The van der Waals surface area contributed by atoms with Gasteiger partial charge in [-0.05, 0) is 44.8 Å². The first-order valence-corrected chi connectivity index (χ1v) is 7.15. The zero-order chi connectivity index (χ0) is 11.9. The lowest BCUT2D eigenvalue weighted by Gasteiger charge is -2.35. The number of rotatable bonds is 5. The molecule has 0 spiro atoms. The Morgan fingerprint density at radius 3 is 1.95 bits per heavy atom. The lowest BCUT2D eigenvalue weighted by Crippen LogP contribution is -2.47. The third-order valence-corrected chi connectivity index (χ3v) is 4.19. The molecule has 0 aromatic heterocycles. The van der Waals surface area contributed by atoms with Gasteiger partial charge in [-0.2, -0.15) is 0 Å². The number of hydrogen-bond acceptors (Lipinski definition) is 4. The van der Waals surface area contributed by atoms with Crippen LogP contribution < -0.4 is 5.32 Å². The van der Waals surface area contributed by atoms with Gasteiger partial charge in [0.25, 0.3) is 0 Å². The minimum atomic E-state index is 0. The topological polar surface area (TPSA) is 38.7 Å². The van der Waals surface area contributed by atoms with Crippen molar-refractivity contribution in [2.75, 3.05) is 59.0 Å². The molecule has 19 heavy (non-hydrogen) atoms. The predicted molar refractivity (Wildman–Crippen MR) is 84.7 cm³/mol. The third-order valence-electron chi connectivity index (χ3n) is 4.19. The minimum absolute atomic E-state index is 0. The van der Waals surface area contributed by atoms with Crippen molar-refractivity contribution < 1.29 is 5.11 Å². The molecule has 0 bridgehead atoms. The van der Waals surface area contributed by atoms with Crippen LogP contribution in [-0.2, 0) is 0 Å². The third kappa shape index (κ3) is 7.11. The first-order chi connectivity index (χ1) is 8.38. The first kappa shape index (κ1) is 19.4. The monoisotopic (exact) mass is 313 g/mol. The number of nitrogens with zero attached hydrogens (tertiary/aromatic N) is 2. The number of aliphatic hydroxyl groups excluding tert-OH is 1. The Kier molecular flexibility index (Phi) is 11.4. The van der Waals surface area contributed by atoms with Crippen LogP contribution in [0, 0.1) is 5.92 Å². The van der Waals surface area contributed by atoms with E-state index in [-0.39, 0.29) is 24.8 Å². The number of nitrogens with one attached hydrogen (secondary N) is 1. The van der Waals surface area contributed by atoms with E-state index in [2.05, 4.69) is 15.1 Å². The standard InChI is InChI=1S/C13H27N3O.2ClH/c17-12-11-16-9-7-15(8-10-16)6-3-13-1-4-14-5-2-13;;/h13-14,17H,1-12H2;2*1H. The molecule has 6 heteroatoms. The van der Waals surface area contributed by atoms with E-state index in [1.807, 2.05) is 0 Å². The second-order valence-corrected chi connectivity index (χ2v) is 5.39.